The van der Waals surface area contributed by atoms with Crippen molar-refractivity contribution in [1.82, 2.24) is 5.32 Å². The first-order valence-electron chi connectivity index (χ1n) is 5.56. The molecule has 1 atom stereocenters. The van der Waals surface area contributed by atoms with E-state index >= 15 is 0 Å². The van der Waals surface area contributed by atoms with Crippen LogP contribution in [0, 0.1) is 5.41 Å². The van der Waals surface area contributed by atoms with Gasteiger partial charge in [-0.25, -0.2) is 0 Å². The summed E-state index contributed by atoms with van der Waals surface area (Å²) in [7, 11) is 0. The first-order chi connectivity index (χ1) is 7.09. The van der Waals surface area contributed by atoms with Gasteiger partial charge in [0.1, 0.15) is 0 Å². The second-order valence-electron chi connectivity index (χ2n) is 5.06. The summed E-state index contributed by atoms with van der Waals surface area (Å²) in [6.45, 7) is 6.85. The molecule has 82 valence electrons. The molecule has 2 rings (SSSR count). The summed E-state index contributed by atoms with van der Waals surface area (Å²) in [4.78, 5) is 0. The van der Waals surface area contributed by atoms with Crippen LogP contribution in [0.1, 0.15) is 31.7 Å². The summed E-state index contributed by atoms with van der Waals surface area (Å²) in [5, 5.41) is 4.31. The molecule has 0 amide bonds. The summed E-state index contributed by atoms with van der Waals surface area (Å²) in [5.41, 5.74) is 1.71. The lowest BCUT2D eigenvalue weighted by Crippen LogP contribution is -2.41. The molecule has 1 aliphatic heterocycles. The minimum absolute atomic E-state index is 0.322. The van der Waals surface area contributed by atoms with Gasteiger partial charge in [0.2, 0.25) is 0 Å². The van der Waals surface area contributed by atoms with Crippen molar-refractivity contribution in [3.05, 3.63) is 34.9 Å². The Hall–Kier alpha value is -0.530. The van der Waals surface area contributed by atoms with Crippen LogP contribution in [0.4, 0.5) is 0 Å². The summed E-state index contributed by atoms with van der Waals surface area (Å²) >= 11 is 6.04. The van der Waals surface area contributed by atoms with Crippen LogP contribution in [0.25, 0.3) is 0 Å². The van der Waals surface area contributed by atoms with Gasteiger partial charge >= 0.3 is 0 Å². The number of benzene rings is 1. The first kappa shape index (κ1) is 11.0. The van der Waals surface area contributed by atoms with Gasteiger partial charge in [-0.1, -0.05) is 37.6 Å². The van der Waals surface area contributed by atoms with Gasteiger partial charge in [0.05, 0.1) is 0 Å². The lowest BCUT2D eigenvalue weighted by atomic mass is 9.71. The maximum absolute atomic E-state index is 6.04. The number of hydrogen-bond acceptors (Lipinski definition) is 1. The van der Waals surface area contributed by atoms with Crippen molar-refractivity contribution in [3.63, 3.8) is 0 Å². The van der Waals surface area contributed by atoms with Crippen LogP contribution in [0.3, 0.4) is 0 Å². The molecule has 0 aliphatic carbocycles. The average Bonchev–Trinajstić information content (AvgIpc) is 2.17. The zero-order valence-electron chi connectivity index (χ0n) is 9.39. The van der Waals surface area contributed by atoms with Crippen LogP contribution in [-0.4, -0.2) is 13.1 Å². The minimum atomic E-state index is 0.322. The van der Waals surface area contributed by atoms with E-state index in [0.29, 0.717) is 11.3 Å². The molecule has 1 heterocycles. The molecule has 1 N–H and O–H groups in total. The highest BCUT2D eigenvalue weighted by Gasteiger charge is 2.33. The first-order valence-corrected chi connectivity index (χ1v) is 5.93. The van der Waals surface area contributed by atoms with Gasteiger partial charge in [0.25, 0.3) is 0 Å². The van der Waals surface area contributed by atoms with E-state index in [1.54, 1.807) is 0 Å². The van der Waals surface area contributed by atoms with Crippen LogP contribution in [-0.2, 0) is 0 Å². The van der Waals surface area contributed by atoms with Crippen molar-refractivity contribution in [1.29, 1.82) is 0 Å². The highest BCUT2D eigenvalue weighted by Crippen LogP contribution is 2.40. The molecule has 2 heteroatoms. The maximum Gasteiger partial charge on any atom is 0.0408 e. The lowest BCUT2D eigenvalue weighted by molar-refractivity contribution is 0.219. The number of rotatable bonds is 1. The Kier molecular flexibility index (Phi) is 3.03. The summed E-state index contributed by atoms with van der Waals surface area (Å²) in [6.07, 6.45) is 1.20. The highest BCUT2D eigenvalue weighted by molar-refractivity contribution is 6.30. The van der Waals surface area contributed by atoms with Gasteiger partial charge in [-0.3, -0.25) is 0 Å². The van der Waals surface area contributed by atoms with Crippen molar-refractivity contribution < 1.29 is 0 Å². The lowest BCUT2D eigenvalue weighted by Gasteiger charge is -2.39. The van der Waals surface area contributed by atoms with Crippen LogP contribution >= 0.6 is 11.6 Å². The standard InChI is InChI=1S/C13H18ClN/c1-13(2)9-15-7-6-12(13)10-4-3-5-11(14)8-10/h3-5,8,12,15H,6-7,9H2,1-2H3. The van der Waals surface area contributed by atoms with Crippen LogP contribution in [0.15, 0.2) is 24.3 Å². The smallest absolute Gasteiger partial charge is 0.0408 e. The predicted octanol–water partition coefficient (Wildman–Crippen LogP) is 3.44. The molecule has 0 spiro atoms. The molecule has 1 aliphatic rings. The van der Waals surface area contributed by atoms with Crippen LogP contribution < -0.4 is 5.32 Å². The van der Waals surface area contributed by atoms with E-state index in [1.807, 2.05) is 6.07 Å². The third-order valence-corrected chi connectivity index (χ3v) is 3.62. The molecule has 0 aromatic heterocycles. The molecule has 1 unspecified atom stereocenters. The molecule has 0 saturated carbocycles. The maximum atomic E-state index is 6.04. The van der Waals surface area contributed by atoms with Gasteiger partial charge in [0, 0.05) is 11.6 Å². The van der Waals surface area contributed by atoms with Crippen LogP contribution in [0.5, 0.6) is 0 Å². The normalized spacial score (nSPS) is 25.1. The van der Waals surface area contributed by atoms with Gasteiger partial charge < -0.3 is 5.32 Å². The second-order valence-corrected chi connectivity index (χ2v) is 5.50. The van der Waals surface area contributed by atoms with Crippen molar-refractivity contribution >= 4 is 11.6 Å². The number of halogens is 1. The summed E-state index contributed by atoms with van der Waals surface area (Å²) < 4.78 is 0. The monoisotopic (exact) mass is 223 g/mol. The Labute approximate surface area is 96.8 Å². The van der Waals surface area contributed by atoms with E-state index in [-0.39, 0.29) is 0 Å². The van der Waals surface area contributed by atoms with Crippen molar-refractivity contribution in [3.8, 4) is 0 Å². The van der Waals surface area contributed by atoms with E-state index < -0.39 is 0 Å². The van der Waals surface area contributed by atoms with Gasteiger partial charge in [-0.15, -0.1) is 0 Å². The molecule has 1 nitrogen and oxygen atoms in total. The number of piperidine rings is 1. The molecular formula is C13H18ClN. The molecule has 15 heavy (non-hydrogen) atoms. The number of nitrogens with one attached hydrogen (secondary N) is 1. The quantitative estimate of drug-likeness (QED) is 0.769. The number of hydrogen-bond donors (Lipinski definition) is 1. The Morgan fingerprint density at radius 1 is 1.40 bits per heavy atom. The van der Waals surface area contributed by atoms with Crippen LogP contribution in [0.2, 0.25) is 5.02 Å². The predicted molar refractivity (Wildman–Crippen MR) is 65.5 cm³/mol. The van der Waals surface area contributed by atoms with Gasteiger partial charge in [-0.2, -0.15) is 0 Å². The molecule has 1 aromatic rings. The van der Waals surface area contributed by atoms with E-state index in [1.165, 1.54) is 12.0 Å². The molecule has 1 fully saturated rings. The largest absolute Gasteiger partial charge is 0.316 e. The molecule has 0 bridgehead atoms. The fourth-order valence-corrected chi connectivity index (χ4v) is 2.71. The molecule has 1 aromatic carbocycles. The highest BCUT2D eigenvalue weighted by atomic mass is 35.5. The Morgan fingerprint density at radius 2 is 2.20 bits per heavy atom. The fourth-order valence-electron chi connectivity index (χ4n) is 2.51. The Bertz CT molecular complexity index is 346. The van der Waals surface area contributed by atoms with Gasteiger partial charge in [-0.05, 0) is 42.0 Å². The fraction of sp³-hybridized carbons (Fsp3) is 0.538. The Morgan fingerprint density at radius 3 is 2.87 bits per heavy atom. The summed E-state index contributed by atoms with van der Waals surface area (Å²) in [6, 6.07) is 8.30. The Balaban J connectivity index is 2.29. The average molecular weight is 224 g/mol. The van der Waals surface area contributed by atoms with Gasteiger partial charge in [0.15, 0.2) is 0 Å². The SMILES string of the molecule is CC1(C)CNCCC1c1cccc(Cl)c1. The summed E-state index contributed by atoms with van der Waals surface area (Å²) in [5.74, 6) is 0.623. The van der Waals surface area contributed by atoms with Crippen molar-refractivity contribution in [2.75, 3.05) is 13.1 Å². The molecular weight excluding hydrogens is 206 g/mol. The zero-order valence-corrected chi connectivity index (χ0v) is 10.1. The topological polar surface area (TPSA) is 12.0 Å². The van der Waals surface area contributed by atoms with E-state index in [0.717, 1.165) is 18.1 Å². The third-order valence-electron chi connectivity index (χ3n) is 3.38. The zero-order chi connectivity index (χ0) is 10.9. The van der Waals surface area contributed by atoms with Crippen molar-refractivity contribution in [2.45, 2.75) is 26.2 Å². The molecule has 1 saturated heterocycles. The minimum Gasteiger partial charge on any atom is -0.316 e. The van der Waals surface area contributed by atoms with Crippen molar-refractivity contribution in [2.24, 2.45) is 5.41 Å². The molecule has 0 radical (unpaired) electrons. The second kappa shape index (κ2) is 4.15. The van der Waals surface area contributed by atoms with E-state index in [2.05, 4.69) is 37.4 Å². The van der Waals surface area contributed by atoms with E-state index in [9.17, 15) is 0 Å². The third kappa shape index (κ3) is 2.35. The van der Waals surface area contributed by atoms with E-state index in [4.69, 9.17) is 11.6 Å².